The van der Waals surface area contributed by atoms with E-state index in [0.717, 1.165) is 23.5 Å². The molecule has 1 aliphatic heterocycles. The number of carbonyl (C=O) groups is 2. The molecule has 2 aromatic carbocycles. The van der Waals surface area contributed by atoms with Gasteiger partial charge in [0, 0.05) is 37.2 Å². The van der Waals surface area contributed by atoms with Crippen molar-refractivity contribution in [2.75, 3.05) is 43.5 Å². The van der Waals surface area contributed by atoms with Crippen molar-refractivity contribution in [3.05, 3.63) is 70.7 Å². The third-order valence-corrected chi connectivity index (χ3v) is 6.16. The number of methoxy groups -OCH3 is 1. The van der Waals surface area contributed by atoms with Crippen LogP contribution in [-0.2, 0) is 6.18 Å². The highest BCUT2D eigenvalue weighted by Gasteiger charge is 2.31. The van der Waals surface area contributed by atoms with E-state index in [2.05, 4.69) is 10.3 Å². The van der Waals surface area contributed by atoms with Gasteiger partial charge in [0.2, 0.25) is 0 Å². The lowest BCUT2D eigenvalue weighted by atomic mass is 10.1. The van der Waals surface area contributed by atoms with Crippen molar-refractivity contribution in [2.24, 2.45) is 0 Å². The van der Waals surface area contributed by atoms with Gasteiger partial charge in [-0.3, -0.25) is 14.9 Å². The lowest BCUT2D eigenvalue weighted by Gasteiger charge is -2.36. The summed E-state index contributed by atoms with van der Waals surface area (Å²) in [4.78, 5) is 33.1. The van der Waals surface area contributed by atoms with Gasteiger partial charge in [0.25, 0.3) is 11.8 Å². The van der Waals surface area contributed by atoms with Crippen LogP contribution in [0.3, 0.4) is 0 Å². The molecule has 0 atom stereocenters. The fourth-order valence-electron chi connectivity index (χ4n) is 3.63. The number of thiazole rings is 1. The molecule has 0 saturated carbocycles. The van der Waals surface area contributed by atoms with Gasteiger partial charge in [-0.25, -0.2) is 4.98 Å². The standard InChI is InChI=1S/C23H21F3N4O3S/c1-33-19-8-3-2-7-17(19)20(31)28-22-27-18(14-34-22)21(32)30-11-9-29(10-12-30)16-6-4-5-15(13-16)23(24,25)26/h2-8,13-14H,9-12H2,1H3,(H,27,28,31). The summed E-state index contributed by atoms with van der Waals surface area (Å²) in [5.74, 6) is -0.273. The number of para-hydroxylation sites is 1. The van der Waals surface area contributed by atoms with E-state index in [-0.39, 0.29) is 16.7 Å². The van der Waals surface area contributed by atoms with Gasteiger partial charge < -0.3 is 14.5 Å². The first-order chi connectivity index (χ1) is 16.3. The van der Waals surface area contributed by atoms with Crippen LogP contribution in [0, 0.1) is 0 Å². The minimum absolute atomic E-state index is 0.202. The number of carbonyl (C=O) groups excluding carboxylic acids is 2. The monoisotopic (exact) mass is 490 g/mol. The molecule has 0 radical (unpaired) electrons. The Labute approximate surface area is 197 Å². The molecule has 2 heterocycles. The van der Waals surface area contributed by atoms with Gasteiger partial charge >= 0.3 is 6.18 Å². The number of ether oxygens (including phenoxy) is 1. The molecule has 2 amide bonds. The normalized spacial score (nSPS) is 14.1. The minimum atomic E-state index is -4.41. The molecule has 0 bridgehead atoms. The van der Waals surface area contributed by atoms with E-state index >= 15 is 0 Å². The quantitative estimate of drug-likeness (QED) is 0.575. The fourth-order valence-corrected chi connectivity index (χ4v) is 4.31. The Morgan fingerprint density at radius 2 is 1.79 bits per heavy atom. The van der Waals surface area contributed by atoms with Crippen LogP contribution in [0.4, 0.5) is 24.0 Å². The number of anilines is 2. The number of nitrogens with zero attached hydrogens (tertiary/aromatic N) is 3. The predicted octanol–water partition coefficient (Wildman–Crippen LogP) is 4.39. The summed E-state index contributed by atoms with van der Waals surface area (Å²) in [6.45, 7) is 1.48. The first-order valence-corrected chi connectivity index (χ1v) is 11.3. The van der Waals surface area contributed by atoms with E-state index in [1.54, 1.807) is 40.6 Å². The summed E-state index contributed by atoms with van der Waals surface area (Å²) >= 11 is 1.13. The van der Waals surface area contributed by atoms with Crippen molar-refractivity contribution in [1.29, 1.82) is 0 Å². The number of aromatic nitrogens is 1. The number of alkyl halides is 3. The van der Waals surface area contributed by atoms with Crippen molar-refractivity contribution in [3.8, 4) is 5.75 Å². The SMILES string of the molecule is COc1ccccc1C(=O)Nc1nc(C(=O)N2CCN(c3cccc(C(F)(F)F)c3)CC2)cs1. The summed E-state index contributed by atoms with van der Waals surface area (Å²) in [6, 6.07) is 11.9. The lowest BCUT2D eigenvalue weighted by Crippen LogP contribution is -2.48. The average Bonchev–Trinajstić information content (AvgIpc) is 3.31. The van der Waals surface area contributed by atoms with Gasteiger partial charge in [0.1, 0.15) is 11.4 Å². The Kier molecular flexibility index (Phi) is 6.73. The third kappa shape index (κ3) is 5.14. The maximum atomic E-state index is 13.0. The first kappa shape index (κ1) is 23.6. The number of amides is 2. The molecule has 178 valence electrons. The predicted molar refractivity (Wildman–Crippen MR) is 123 cm³/mol. The van der Waals surface area contributed by atoms with Crippen LogP contribution in [0.15, 0.2) is 53.9 Å². The largest absolute Gasteiger partial charge is 0.496 e. The molecular weight excluding hydrogens is 469 g/mol. The van der Waals surface area contributed by atoms with E-state index in [9.17, 15) is 22.8 Å². The van der Waals surface area contributed by atoms with Crippen LogP contribution in [-0.4, -0.2) is 55.0 Å². The van der Waals surface area contributed by atoms with Gasteiger partial charge in [0.05, 0.1) is 18.2 Å². The number of halogens is 3. The van der Waals surface area contributed by atoms with E-state index in [4.69, 9.17) is 4.74 Å². The highest BCUT2D eigenvalue weighted by molar-refractivity contribution is 7.14. The van der Waals surface area contributed by atoms with Gasteiger partial charge in [-0.05, 0) is 30.3 Å². The zero-order valence-electron chi connectivity index (χ0n) is 18.1. The highest BCUT2D eigenvalue weighted by Crippen LogP contribution is 2.32. The Morgan fingerprint density at radius 1 is 1.06 bits per heavy atom. The van der Waals surface area contributed by atoms with E-state index in [1.165, 1.54) is 13.2 Å². The molecule has 4 rings (SSSR count). The fraction of sp³-hybridized carbons (Fsp3) is 0.261. The molecule has 1 N–H and O–H groups in total. The first-order valence-electron chi connectivity index (χ1n) is 10.4. The Bertz CT molecular complexity index is 1190. The molecule has 34 heavy (non-hydrogen) atoms. The molecule has 3 aromatic rings. The molecule has 0 unspecified atom stereocenters. The van der Waals surface area contributed by atoms with Crippen LogP contribution in [0.2, 0.25) is 0 Å². The summed E-state index contributed by atoms with van der Waals surface area (Å²) in [5.41, 5.74) is 0.317. The van der Waals surface area contributed by atoms with Gasteiger partial charge in [-0.1, -0.05) is 18.2 Å². The Morgan fingerprint density at radius 3 is 2.50 bits per heavy atom. The second kappa shape index (κ2) is 9.72. The van der Waals surface area contributed by atoms with Crippen molar-refractivity contribution >= 4 is 34.0 Å². The summed E-state index contributed by atoms with van der Waals surface area (Å²) in [7, 11) is 1.47. The van der Waals surface area contributed by atoms with Crippen molar-refractivity contribution in [2.45, 2.75) is 6.18 Å². The number of piperazine rings is 1. The highest BCUT2D eigenvalue weighted by atomic mass is 32.1. The molecule has 0 aliphatic carbocycles. The number of hydrogen-bond acceptors (Lipinski definition) is 6. The zero-order valence-corrected chi connectivity index (χ0v) is 18.9. The molecule has 7 nitrogen and oxygen atoms in total. The number of benzene rings is 2. The van der Waals surface area contributed by atoms with E-state index < -0.39 is 17.6 Å². The summed E-state index contributed by atoms with van der Waals surface area (Å²) in [5, 5.41) is 4.52. The van der Waals surface area contributed by atoms with Crippen molar-refractivity contribution in [1.82, 2.24) is 9.88 Å². The number of nitrogens with one attached hydrogen (secondary N) is 1. The minimum Gasteiger partial charge on any atom is -0.496 e. The summed E-state index contributed by atoms with van der Waals surface area (Å²) < 4.78 is 44.2. The number of hydrogen-bond donors (Lipinski definition) is 1. The molecule has 1 saturated heterocycles. The Balaban J connectivity index is 1.37. The van der Waals surface area contributed by atoms with Crippen LogP contribution < -0.4 is 15.0 Å². The molecule has 11 heteroatoms. The maximum Gasteiger partial charge on any atom is 0.416 e. The zero-order chi connectivity index (χ0) is 24.3. The molecule has 1 fully saturated rings. The van der Waals surface area contributed by atoms with Crippen LogP contribution >= 0.6 is 11.3 Å². The topological polar surface area (TPSA) is 74.8 Å². The molecular formula is C23H21F3N4O3S. The molecule has 1 aliphatic rings. The van der Waals surface area contributed by atoms with Crippen molar-refractivity contribution < 1.29 is 27.5 Å². The molecule has 0 spiro atoms. The van der Waals surface area contributed by atoms with Gasteiger partial charge in [0.15, 0.2) is 5.13 Å². The lowest BCUT2D eigenvalue weighted by molar-refractivity contribution is -0.137. The van der Waals surface area contributed by atoms with Gasteiger partial charge in [-0.15, -0.1) is 11.3 Å². The molecule has 1 aromatic heterocycles. The van der Waals surface area contributed by atoms with Gasteiger partial charge in [-0.2, -0.15) is 13.2 Å². The second-order valence-corrected chi connectivity index (χ2v) is 8.38. The van der Waals surface area contributed by atoms with Crippen LogP contribution in [0.1, 0.15) is 26.4 Å². The van der Waals surface area contributed by atoms with Crippen LogP contribution in [0.5, 0.6) is 5.75 Å². The van der Waals surface area contributed by atoms with Crippen LogP contribution in [0.25, 0.3) is 0 Å². The average molecular weight is 491 g/mol. The number of rotatable bonds is 5. The van der Waals surface area contributed by atoms with E-state index in [1.807, 2.05) is 4.90 Å². The second-order valence-electron chi connectivity index (χ2n) is 7.52. The van der Waals surface area contributed by atoms with Crippen molar-refractivity contribution in [3.63, 3.8) is 0 Å². The summed E-state index contributed by atoms with van der Waals surface area (Å²) in [6.07, 6.45) is -4.41. The maximum absolute atomic E-state index is 13.0. The Hall–Kier alpha value is -3.60. The smallest absolute Gasteiger partial charge is 0.416 e. The third-order valence-electron chi connectivity index (χ3n) is 5.40. The van der Waals surface area contributed by atoms with E-state index in [0.29, 0.717) is 43.2 Å².